The van der Waals surface area contributed by atoms with Crippen molar-refractivity contribution in [3.05, 3.63) is 35.6 Å². The van der Waals surface area contributed by atoms with Crippen LogP contribution in [0.1, 0.15) is 51.5 Å². The van der Waals surface area contributed by atoms with E-state index in [9.17, 15) is 9.18 Å². The van der Waals surface area contributed by atoms with E-state index in [0.29, 0.717) is 12.1 Å². The maximum absolute atomic E-state index is 13.9. The summed E-state index contributed by atoms with van der Waals surface area (Å²) in [6.07, 6.45) is 4.62. The molecule has 1 fully saturated rings. The highest BCUT2D eigenvalue weighted by Gasteiger charge is 2.36. The van der Waals surface area contributed by atoms with Crippen molar-refractivity contribution < 1.29 is 9.18 Å². The second kappa shape index (κ2) is 6.14. The van der Waals surface area contributed by atoms with E-state index in [2.05, 4.69) is 5.32 Å². The molecule has 116 valence electrons. The Bertz CT molecular complexity index is 507. The Labute approximate surface area is 126 Å². The van der Waals surface area contributed by atoms with Crippen molar-refractivity contribution in [1.82, 2.24) is 5.32 Å². The first-order valence-electron chi connectivity index (χ1n) is 7.67. The zero-order valence-electron chi connectivity index (χ0n) is 12.9. The summed E-state index contributed by atoms with van der Waals surface area (Å²) in [6, 6.07) is 6.70. The minimum absolute atomic E-state index is 0.105. The van der Waals surface area contributed by atoms with Gasteiger partial charge in [0.2, 0.25) is 5.91 Å². The molecule has 1 aliphatic rings. The molecule has 0 heterocycles. The van der Waals surface area contributed by atoms with Crippen molar-refractivity contribution in [2.75, 3.05) is 6.54 Å². The van der Waals surface area contributed by atoms with E-state index in [0.717, 1.165) is 32.1 Å². The maximum atomic E-state index is 13.9. The molecular formula is C17H25FN2O. The van der Waals surface area contributed by atoms with Crippen LogP contribution >= 0.6 is 0 Å². The van der Waals surface area contributed by atoms with Gasteiger partial charge in [-0.3, -0.25) is 4.79 Å². The third-order valence-electron chi connectivity index (χ3n) is 4.49. The fourth-order valence-electron chi connectivity index (χ4n) is 2.99. The normalized spacial score (nSPS) is 18.3. The van der Waals surface area contributed by atoms with E-state index in [4.69, 9.17) is 5.73 Å². The van der Waals surface area contributed by atoms with Gasteiger partial charge in [-0.05, 0) is 24.5 Å². The van der Waals surface area contributed by atoms with Crippen molar-refractivity contribution in [2.24, 2.45) is 5.73 Å². The number of rotatable bonds is 4. The summed E-state index contributed by atoms with van der Waals surface area (Å²) in [6.45, 7) is 4.23. The van der Waals surface area contributed by atoms with Crippen LogP contribution in [0.25, 0.3) is 0 Å². The van der Waals surface area contributed by atoms with Crippen molar-refractivity contribution in [3.8, 4) is 0 Å². The Morgan fingerprint density at radius 3 is 2.52 bits per heavy atom. The highest BCUT2D eigenvalue weighted by molar-refractivity contribution is 5.86. The standard InChI is InChI=1S/C17H25FN2O/c1-16(2,13-8-4-5-9-14(13)18)12-20-15(21)17(19)10-6-3-7-11-17/h4-5,8-9H,3,6-7,10-12,19H2,1-2H3,(H,20,21). The van der Waals surface area contributed by atoms with E-state index < -0.39 is 11.0 Å². The summed E-state index contributed by atoms with van der Waals surface area (Å²) in [5.74, 6) is -0.344. The van der Waals surface area contributed by atoms with Crippen LogP contribution in [-0.4, -0.2) is 18.0 Å². The first-order chi connectivity index (χ1) is 9.85. The minimum atomic E-state index is -0.746. The number of nitrogens with one attached hydrogen (secondary N) is 1. The molecule has 1 amide bonds. The van der Waals surface area contributed by atoms with Gasteiger partial charge in [0.25, 0.3) is 0 Å². The number of hydrogen-bond donors (Lipinski definition) is 2. The predicted octanol–water partition coefficient (Wildman–Crippen LogP) is 2.88. The lowest BCUT2D eigenvalue weighted by atomic mass is 9.80. The summed E-state index contributed by atoms with van der Waals surface area (Å²) in [5.41, 5.74) is 5.61. The first-order valence-corrected chi connectivity index (χ1v) is 7.67. The smallest absolute Gasteiger partial charge is 0.240 e. The molecule has 1 aromatic carbocycles. The predicted molar refractivity (Wildman–Crippen MR) is 82.4 cm³/mol. The van der Waals surface area contributed by atoms with Gasteiger partial charge in [-0.25, -0.2) is 4.39 Å². The molecule has 21 heavy (non-hydrogen) atoms. The summed E-state index contributed by atoms with van der Waals surface area (Å²) in [5, 5.41) is 2.93. The summed E-state index contributed by atoms with van der Waals surface area (Å²) in [4.78, 5) is 12.4. The largest absolute Gasteiger partial charge is 0.354 e. The minimum Gasteiger partial charge on any atom is -0.354 e. The van der Waals surface area contributed by atoms with Crippen LogP contribution in [0.15, 0.2) is 24.3 Å². The van der Waals surface area contributed by atoms with E-state index in [-0.39, 0.29) is 11.7 Å². The van der Waals surface area contributed by atoms with Crippen molar-refractivity contribution in [3.63, 3.8) is 0 Å². The lowest BCUT2D eigenvalue weighted by Crippen LogP contribution is -2.56. The molecule has 0 spiro atoms. The van der Waals surface area contributed by atoms with Crippen molar-refractivity contribution >= 4 is 5.91 Å². The molecule has 0 atom stereocenters. The van der Waals surface area contributed by atoms with E-state index in [1.165, 1.54) is 6.07 Å². The molecule has 0 aliphatic heterocycles. The summed E-state index contributed by atoms with van der Waals surface area (Å²) in [7, 11) is 0. The van der Waals surface area contributed by atoms with Gasteiger partial charge in [0, 0.05) is 12.0 Å². The van der Waals surface area contributed by atoms with Gasteiger partial charge in [-0.2, -0.15) is 0 Å². The molecule has 1 aromatic rings. The van der Waals surface area contributed by atoms with E-state index >= 15 is 0 Å². The molecule has 0 unspecified atom stereocenters. The van der Waals surface area contributed by atoms with Gasteiger partial charge in [0.1, 0.15) is 5.82 Å². The highest BCUT2D eigenvalue weighted by Crippen LogP contribution is 2.28. The molecule has 2 rings (SSSR count). The van der Waals surface area contributed by atoms with Crippen LogP contribution in [0, 0.1) is 5.82 Å². The fraction of sp³-hybridized carbons (Fsp3) is 0.588. The number of nitrogens with two attached hydrogens (primary N) is 1. The molecule has 0 saturated heterocycles. The Morgan fingerprint density at radius 1 is 1.29 bits per heavy atom. The molecule has 1 saturated carbocycles. The van der Waals surface area contributed by atoms with Crippen LogP contribution in [-0.2, 0) is 10.2 Å². The molecule has 1 aliphatic carbocycles. The Morgan fingerprint density at radius 2 is 1.90 bits per heavy atom. The Hall–Kier alpha value is -1.42. The molecular weight excluding hydrogens is 267 g/mol. The lowest BCUT2D eigenvalue weighted by Gasteiger charge is -2.34. The zero-order chi connectivity index (χ0) is 15.5. The van der Waals surface area contributed by atoms with E-state index in [1.54, 1.807) is 12.1 Å². The number of carbonyl (C=O) groups excluding carboxylic acids is 1. The lowest BCUT2D eigenvalue weighted by molar-refractivity contribution is -0.127. The SMILES string of the molecule is CC(C)(CNC(=O)C1(N)CCCCC1)c1ccccc1F. The van der Waals surface area contributed by atoms with Gasteiger partial charge in [-0.1, -0.05) is 51.3 Å². The fourth-order valence-corrected chi connectivity index (χ4v) is 2.99. The molecule has 0 bridgehead atoms. The number of hydrogen-bond acceptors (Lipinski definition) is 2. The van der Waals surface area contributed by atoms with Crippen LogP contribution in [0.5, 0.6) is 0 Å². The Balaban J connectivity index is 2.01. The topological polar surface area (TPSA) is 55.1 Å². The van der Waals surface area contributed by atoms with Gasteiger partial charge < -0.3 is 11.1 Å². The van der Waals surface area contributed by atoms with Gasteiger partial charge in [-0.15, -0.1) is 0 Å². The maximum Gasteiger partial charge on any atom is 0.240 e. The second-order valence-corrected chi connectivity index (χ2v) is 6.76. The average Bonchev–Trinajstić information content (AvgIpc) is 2.46. The van der Waals surface area contributed by atoms with Crippen LogP contribution < -0.4 is 11.1 Å². The van der Waals surface area contributed by atoms with Crippen LogP contribution in [0.3, 0.4) is 0 Å². The quantitative estimate of drug-likeness (QED) is 0.896. The van der Waals surface area contributed by atoms with Crippen molar-refractivity contribution in [2.45, 2.75) is 56.9 Å². The number of halogens is 1. The highest BCUT2D eigenvalue weighted by atomic mass is 19.1. The van der Waals surface area contributed by atoms with E-state index in [1.807, 2.05) is 19.9 Å². The Kier molecular flexibility index (Phi) is 4.67. The third-order valence-corrected chi connectivity index (χ3v) is 4.49. The number of benzene rings is 1. The summed E-state index contributed by atoms with van der Waals surface area (Å²) < 4.78 is 13.9. The zero-order valence-corrected chi connectivity index (χ0v) is 12.9. The number of amides is 1. The van der Waals surface area contributed by atoms with Crippen LogP contribution in [0.4, 0.5) is 4.39 Å². The summed E-state index contributed by atoms with van der Waals surface area (Å²) >= 11 is 0. The molecule has 0 aromatic heterocycles. The molecule has 3 nitrogen and oxygen atoms in total. The van der Waals surface area contributed by atoms with Crippen molar-refractivity contribution in [1.29, 1.82) is 0 Å². The molecule has 0 radical (unpaired) electrons. The van der Waals surface area contributed by atoms with Gasteiger partial charge in [0.05, 0.1) is 5.54 Å². The third kappa shape index (κ3) is 3.62. The average molecular weight is 292 g/mol. The number of carbonyl (C=O) groups is 1. The van der Waals surface area contributed by atoms with Crippen LogP contribution in [0.2, 0.25) is 0 Å². The monoisotopic (exact) mass is 292 g/mol. The molecule has 4 heteroatoms. The van der Waals surface area contributed by atoms with Gasteiger partial charge >= 0.3 is 0 Å². The van der Waals surface area contributed by atoms with Gasteiger partial charge in [0.15, 0.2) is 0 Å². The first kappa shape index (κ1) is 16.0. The molecule has 3 N–H and O–H groups in total. The second-order valence-electron chi connectivity index (χ2n) is 6.76.